The second-order valence-corrected chi connectivity index (χ2v) is 7.68. The highest BCUT2D eigenvalue weighted by atomic mass is 79.9. The molecule has 4 nitrogen and oxygen atoms in total. The topological polar surface area (TPSA) is 42.4 Å². The molecule has 3 unspecified atom stereocenters. The summed E-state index contributed by atoms with van der Waals surface area (Å²) in [4.78, 5) is 18.4. The molecule has 1 amide bonds. The lowest BCUT2D eigenvalue weighted by Crippen LogP contribution is -2.39. The van der Waals surface area contributed by atoms with Crippen LogP contribution in [0.2, 0.25) is 0 Å². The van der Waals surface area contributed by atoms with E-state index in [-0.39, 0.29) is 40.0 Å². The van der Waals surface area contributed by atoms with E-state index in [1.165, 1.54) is 18.2 Å². The molecule has 2 aliphatic heterocycles. The zero-order valence-electron chi connectivity index (χ0n) is 14.4. The Balaban J connectivity index is 1.51. The van der Waals surface area contributed by atoms with Gasteiger partial charge in [-0.15, -0.1) is 0 Å². The van der Waals surface area contributed by atoms with Gasteiger partial charge in [0.15, 0.2) is 0 Å². The van der Waals surface area contributed by atoms with Gasteiger partial charge >= 0.3 is 6.18 Å². The Hall–Kier alpha value is -2.16. The highest BCUT2D eigenvalue weighted by Crippen LogP contribution is 2.41. The molecule has 1 aromatic carbocycles. The van der Waals surface area contributed by atoms with Gasteiger partial charge in [0, 0.05) is 24.7 Å². The number of nitrogens with zero attached hydrogens (tertiary/aromatic N) is 2. The number of alkyl halides is 3. The molecule has 1 aromatic heterocycles. The number of halogens is 5. The Morgan fingerprint density at radius 2 is 2.00 bits per heavy atom. The van der Waals surface area contributed by atoms with Gasteiger partial charge in [0.1, 0.15) is 11.9 Å². The molecule has 0 saturated carbocycles. The first-order valence-corrected chi connectivity index (χ1v) is 9.51. The second kappa shape index (κ2) is 7.02. The molecular formula is C19H15BrF4N2O2. The molecule has 3 atom stereocenters. The number of hydrogen-bond donors (Lipinski definition) is 0. The largest absolute Gasteiger partial charge is 0.472 e. The summed E-state index contributed by atoms with van der Waals surface area (Å²) < 4.78 is 57.7. The molecule has 2 fully saturated rings. The van der Waals surface area contributed by atoms with Crippen molar-refractivity contribution >= 4 is 21.8 Å². The summed E-state index contributed by atoms with van der Waals surface area (Å²) in [5.74, 6) is -0.714. The zero-order chi connectivity index (χ0) is 20.1. The SMILES string of the molecule is O=C(c1cccc(F)c1Br)N1C2CCC1C(Oc1ccc(C(F)(F)F)cn1)C2. The van der Waals surface area contributed by atoms with Crippen LogP contribution in [0.5, 0.6) is 5.88 Å². The Morgan fingerprint density at radius 1 is 1.21 bits per heavy atom. The van der Waals surface area contributed by atoms with E-state index in [1.54, 1.807) is 11.0 Å². The third-order valence-electron chi connectivity index (χ3n) is 5.23. The predicted molar refractivity (Wildman–Crippen MR) is 95.4 cm³/mol. The number of rotatable bonds is 3. The van der Waals surface area contributed by atoms with E-state index in [1.807, 2.05) is 0 Å². The van der Waals surface area contributed by atoms with Gasteiger partial charge in [-0.05, 0) is 47.0 Å². The number of ether oxygens (including phenoxy) is 1. The number of carbonyl (C=O) groups is 1. The van der Waals surface area contributed by atoms with Crippen LogP contribution in [0.15, 0.2) is 41.0 Å². The van der Waals surface area contributed by atoms with Crippen molar-refractivity contribution in [1.82, 2.24) is 9.88 Å². The van der Waals surface area contributed by atoms with Crippen molar-refractivity contribution in [1.29, 1.82) is 0 Å². The van der Waals surface area contributed by atoms with Crippen LogP contribution in [0.4, 0.5) is 17.6 Å². The maximum absolute atomic E-state index is 13.8. The third-order valence-corrected chi connectivity index (χ3v) is 6.04. The number of fused-ring (bicyclic) bond motifs is 2. The van der Waals surface area contributed by atoms with Crippen LogP contribution in [-0.2, 0) is 6.18 Å². The fourth-order valence-electron chi connectivity index (χ4n) is 3.96. The van der Waals surface area contributed by atoms with Crippen LogP contribution in [0, 0.1) is 5.82 Å². The summed E-state index contributed by atoms with van der Waals surface area (Å²) in [6.45, 7) is 0. The van der Waals surface area contributed by atoms with Crippen LogP contribution in [0.25, 0.3) is 0 Å². The molecule has 2 saturated heterocycles. The third kappa shape index (κ3) is 3.36. The van der Waals surface area contributed by atoms with E-state index in [0.29, 0.717) is 12.8 Å². The van der Waals surface area contributed by atoms with E-state index in [9.17, 15) is 22.4 Å². The van der Waals surface area contributed by atoms with Crippen LogP contribution >= 0.6 is 15.9 Å². The van der Waals surface area contributed by atoms with E-state index in [4.69, 9.17) is 4.74 Å². The summed E-state index contributed by atoms with van der Waals surface area (Å²) in [5, 5.41) is 0. The fraction of sp³-hybridized carbons (Fsp3) is 0.368. The van der Waals surface area contributed by atoms with Gasteiger partial charge in [0.2, 0.25) is 5.88 Å². The van der Waals surface area contributed by atoms with Crippen molar-refractivity contribution in [2.45, 2.75) is 43.6 Å². The first-order valence-electron chi connectivity index (χ1n) is 8.72. The van der Waals surface area contributed by atoms with Crippen molar-refractivity contribution < 1.29 is 27.1 Å². The van der Waals surface area contributed by atoms with E-state index >= 15 is 0 Å². The summed E-state index contributed by atoms with van der Waals surface area (Å²) in [5.41, 5.74) is -0.606. The minimum atomic E-state index is -4.46. The predicted octanol–water partition coefficient (Wildman–Crippen LogP) is 4.83. The fourth-order valence-corrected chi connectivity index (χ4v) is 4.39. The van der Waals surface area contributed by atoms with Crippen molar-refractivity contribution in [3.05, 3.63) is 57.9 Å². The van der Waals surface area contributed by atoms with Gasteiger partial charge in [-0.2, -0.15) is 13.2 Å². The van der Waals surface area contributed by atoms with Crippen LogP contribution < -0.4 is 4.74 Å². The smallest absolute Gasteiger partial charge is 0.417 e. The van der Waals surface area contributed by atoms with Crippen LogP contribution in [0.1, 0.15) is 35.2 Å². The van der Waals surface area contributed by atoms with Gasteiger partial charge in [-0.3, -0.25) is 4.79 Å². The van der Waals surface area contributed by atoms with Crippen LogP contribution in [0.3, 0.4) is 0 Å². The van der Waals surface area contributed by atoms with Crippen LogP contribution in [-0.4, -0.2) is 34.0 Å². The molecule has 148 valence electrons. The minimum absolute atomic E-state index is 0.0490. The number of hydrogen-bond acceptors (Lipinski definition) is 3. The number of benzene rings is 1. The Bertz CT molecular complexity index is 904. The van der Waals surface area contributed by atoms with E-state index < -0.39 is 17.6 Å². The molecule has 9 heteroatoms. The van der Waals surface area contributed by atoms with Crippen molar-refractivity contribution in [3.63, 3.8) is 0 Å². The van der Waals surface area contributed by atoms with Crippen molar-refractivity contribution in [3.8, 4) is 5.88 Å². The summed E-state index contributed by atoms with van der Waals surface area (Å²) in [6.07, 6.45) is -2.00. The molecular weight excluding hydrogens is 444 g/mol. The molecule has 4 rings (SSSR count). The lowest BCUT2D eigenvalue weighted by Gasteiger charge is -2.25. The quantitative estimate of drug-likeness (QED) is 0.618. The number of aromatic nitrogens is 1. The molecule has 28 heavy (non-hydrogen) atoms. The van der Waals surface area contributed by atoms with Crippen molar-refractivity contribution in [2.24, 2.45) is 0 Å². The highest BCUT2D eigenvalue weighted by molar-refractivity contribution is 9.10. The van der Waals surface area contributed by atoms with Gasteiger partial charge in [0.05, 0.1) is 21.6 Å². The maximum Gasteiger partial charge on any atom is 0.417 e. The Morgan fingerprint density at radius 3 is 2.68 bits per heavy atom. The van der Waals surface area contributed by atoms with Gasteiger partial charge < -0.3 is 9.64 Å². The van der Waals surface area contributed by atoms with E-state index in [2.05, 4.69) is 20.9 Å². The van der Waals surface area contributed by atoms with Crippen molar-refractivity contribution in [2.75, 3.05) is 0 Å². The molecule has 0 N–H and O–H groups in total. The second-order valence-electron chi connectivity index (χ2n) is 6.89. The lowest BCUT2D eigenvalue weighted by atomic mass is 9.98. The molecule has 2 bridgehead atoms. The number of pyridine rings is 1. The summed E-state index contributed by atoms with van der Waals surface area (Å²) in [7, 11) is 0. The lowest BCUT2D eigenvalue weighted by molar-refractivity contribution is -0.137. The molecule has 2 aromatic rings. The van der Waals surface area contributed by atoms with E-state index in [0.717, 1.165) is 18.7 Å². The molecule has 2 aliphatic rings. The average Bonchev–Trinajstić information content (AvgIpc) is 3.21. The average molecular weight is 459 g/mol. The number of amides is 1. The summed E-state index contributed by atoms with van der Waals surface area (Å²) >= 11 is 3.12. The molecule has 3 heterocycles. The maximum atomic E-state index is 13.8. The first-order chi connectivity index (χ1) is 13.3. The highest BCUT2D eigenvalue weighted by Gasteiger charge is 2.50. The normalized spacial score (nSPS) is 23.9. The molecule has 0 spiro atoms. The Kier molecular flexibility index (Phi) is 4.81. The van der Waals surface area contributed by atoms with Gasteiger partial charge in [0.25, 0.3) is 5.91 Å². The van der Waals surface area contributed by atoms with Gasteiger partial charge in [-0.25, -0.2) is 9.37 Å². The first kappa shape index (κ1) is 19.2. The number of carbonyl (C=O) groups excluding carboxylic acids is 1. The van der Waals surface area contributed by atoms with Gasteiger partial charge in [-0.1, -0.05) is 6.07 Å². The standard InChI is InChI=1S/C19H15BrF4N2O2/c20-17-12(2-1-3-13(17)21)18(27)26-11-5-6-14(26)15(8-11)28-16-7-4-10(9-25-16)19(22,23)24/h1-4,7,9,11,14-15H,5-6,8H2. The monoisotopic (exact) mass is 458 g/mol. The zero-order valence-corrected chi connectivity index (χ0v) is 16.0. The summed E-state index contributed by atoms with van der Waals surface area (Å²) in [6, 6.07) is 6.13. The Labute approximate surface area is 166 Å². The molecule has 0 radical (unpaired) electrons. The minimum Gasteiger partial charge on any atom is -0.472 e. The molecule has 0 aliphatic carbocycles.